The molecule has 0 saturated carbocycles. The van der Waals surface area contributed by atoms with Crippen molar-refractivity contribution in [3.8, 4) is 5.75 Å². The van der Waals surface area contributed by atoms with Crippen LogP contribution in [-0.4, -0.2) is 44.2 Å². The molecule has 1 aromatic carbocycles. The molecule has 0 bridgehead atoms. The van der Waals surface area contributed by atoms with E-state index in [1.807, 2.05) is 13.1 Å². The van der Waals surface area contributed by atoms with Gasteiger partial charge in [0.2, 0.25) is 0 Å². The normalized spacial score (nSPS) is 21.8. The van der Waals surface area contributed by atoms with E-state index < -0.39 is 0 Å². The van der Waals surface area contributed by atoms with Gasteiger partial charge in [-0.2, -0.15) is 0 Å². The molecule has 1 aliphatic rings. The second-order valence-electron chi connectivity index (χ2n) is 5.33. The van der Waals surface area contributed by atoms with Gasteiger partial charge in [-0.05, 0) is 46.5 Å². The van der Waals surface area contributed by atoms with Crippen LogP contribution in [0, 0.1) is 5.92 Å². The number of nitrogens with zero attached hydrogens (tertiary/aromatic N) is 1. The van der Waals surface area contributed by atoms with Gasteiger partial charge in [0.05, 0.1) is 17.7 Å². The number of hydrogen-bond donors (Lipinski definition) is 0. The molecule has 4 nitrogen and oxygen atoms in total. The van der Waals surface area contributed by atoms with E-state index >= 15 is 0 Å². The third-order valence-corrected chi connectivity index (χ3v) is 4.16. The Labute approximate surface area is 128 Å². The number of methoxy groups -OCH3 is 1. The quantitative estimate of drug-likeness (QED) is 0.845. The van der Waals surface area contributed by atoms with Gasteiger partial charge >= 0.3 is 0 Å². The number of hydrogen-bond acceptors (Lipinski definition) is 3. The van der Waals surface area contributed by atoms with Gasteiger partial charge in [0, 0.05) is 25.8 Å². The lowest BCUT2D eigenvalue weighted by molar-refractivity contribution is 0.0580. The topological polar surface area (TPSA) is 38.8 Å². The Morgan fingerprint density at radius 1 is 1.55 bits per heavy atom. The van der Waals surface area contributed by atoms with Crippen molar-refractivity contribution in [2.45, 2.75) is 19.4 Å². The van der Waals surface area contributed by atoms with E-state index in [0.717, 1.165) is 17.5 Å². The molecule has 5 heteroatoms. The molecule has 0 N–H and O–H groups in total. The molecule has 0 radical (unpaired) electrons. The first-order valence-corrected chi connectivity index (χ1v) is 7.51. The molecule has 0 unspecified atom stereocenters. The van der Waals surface area contributed by atoms with E-state index in [2.05, 4.69) is 22.9 Å². The van der Waals surface area contributed by atoms with E-state index in [1.165, 1.54) is 0 Å². The largest absolute Gasteiger partial charge is 0.496 e. The lowest BCUT2D eigenvalue weighted by Gasteiger charge is -2.21. The molecule has 20 heavy (non-hydrogen) atoms. The van der Waals surface area contributed by atoms with Crippen LogP contribution in [0.4, 0.5) is 0 Å². The third-order valence-electron chi connectivity index (χ3n) is 3.50. The van der Waals surface area contributed by atoms with Crippen LogP contribution in [0.25, 0.3) is 0 Å². The SMILES string of the molecule is COc1cc(C(=O)N(C)C[C@@H]2C[C@H](C)CO2)ccc1Br. The molecule has 1 aromatic rings. The van der Waals surface area contributed by atoms with Crippen molar-refractivity contribution in [2.75, 3.05) is 27.3 Å². The highest BCUT2D eigenvalue weighted by molar-refractivity contribution is 9.10. The molecule has 0 spiro atoms. The zero-order valence-electron chi connectivity index (χ0n) is 12.1. The zero-order chi connectivity index (χ0) is 14.7. The van der Waals surface area contributed by atoms with E-state index in [1.54, 1.807) is 24.1 Å². The van der Waals surface area contributed by atoms with Crippen LogP contribution < -0.4 is 4.74 Å². The summed E-state index contributed by atoms with van der Waals surface area (Å²) in [6.45, 7) is 3.59. The van der Waals surface area contributed by atoms with Crippen molar-refractivity contribution in [3.63, 3.8) is 0 Å². The zero-order valence-corrected chi connectivity index (χ0v) is 13.6. The van der Waals surface area contributed by atoms with Gasteiger partial charge in [0.1, 0.15) is 5.75 Å². The lowest BCUT2D eigenvalue weighted by atomic mass is 10.1. The predicted molar refractivity (Wildman–Crippen MR) is 81.2 cm³/mol. The molecule has 0 aromatic heterocycles. The Morgan fingerprint density at radius 2 is 2.30 bits per heavy atom. The fourth-order valence-electron chi connectivity index (χ4n) is 2.41. The van der Waals surface area contributed by atoms with Gasteiger partial charge in [-0.3, -0.25) is 4.79 Å². The van der Waals surface area contributed by atoms with Crippen LogP contribution in [0.15, 0.2) is 22.7 Å². The predicted octanol–water partition coefficient (Wildman–Crippen LogP) is 2.95. The van der Waals surface area contributed by atoms with Gasteiger partial charge in [-0.15, -0.1) is 0 Å². The van der Waals surface area contributed by atoms with Crippen molar-refractivity contribution in [1.82, 2.24) is 4.90 Å². The molecule has 2 rings (SSSR count). The highest BCUT2D eigenvalue weighted by Crippen LogP contribution is 2.26. The van der Waals surface area contributed by atoms with Gasteiger partial charge in [0.15, 0.2) is 0 Å². The van der Waals surface area contributed by atoms with Crippen molar-refractivity contribution >= 4 is 21.8 Å². The maximum absolute atomic E-state index is 12.4. The minimum absolute atomic E-state index is 0.0149. The summed E-state index contributed by atoms with van der Waals surface area (Å²) >= 11 is 3.38. The minimum atomic E-state index is -0.0149. The van der Waals surface area contributed by atoms with Crippen LogP contribution in [0.3, 0.4) is 0 Å². The Hall–Kier alpha value is -1.07. The first-order valence-electron chi connectivity index (χ1n) is 6.72. The summed E-state index contributed by atoms with van der Waals surface area (Å²) in [7, 11) is 3.40. The number of amides is 1. The highest BCUT2D eigenvalue weighted by atomic mass is 79.9. The molecule has 1 saturated heterocycles. The Balaban J connectivity index is 2.03. The van der Waals surface area contributed by atoms with Crippen LogP contribution in [-0.2, 0) is 4.74 Å². The fourth-order valence-corrected chi connectivity index (χ4v) is 2.82. The summed E-state index contributed by atoms with van der Waals surface area (Å²) in [5, 5.41) is 0. The number of likely N-dealkylation sites (N-methyl/N-ethyl adjacent to an activating group) is 1. The monoisotopic (exact) mass is 341 g/mol. The summed E-state index contributed by atoms with van der Waals surface area (Å²) in [5.74, 6) is 1.23. The van der Waals surface area contributed by atoms with Crippen LogP contribution in [0.5, 0.6) is 5.75 Å². The second-order valence-corrected chi connectivity index (χ2v) is 6.19. The molecule has 2 atom stereocenters. The average Bonchev–Trinajstić information content (AvgIpc) is 2.83. The lowest BCUT2D eigenvalue weighted by Crippen LogP contribution is -2.34. The molecular formula is C15H20BrNO3. The first-order chi connectivity index (χ1) is 9.51. The van der Waals surface area contributed by atoms with Crippen molar-refractivity contribution in [3.05, 3.63) is 28.2 Å². The second kappa shape index (κ2) is 6.59. The van der Waals surface area contributed by atoms with Crippen LogP contribution >= 0.6 is 15.9 Å². The number of benzene rings is 1. The summed E-state index contributed by atoms with van der Waals surface area (Å²) in [5.41, 5.74) is 0.624. The molecule has 1 aliphatic heterocycles. The summed E-state index contributed by atoms with van der Waals surface area (Å²) < 4.78 is 11.7. The van der Waals surface area contributed by atoms with E-state index in [9.17, 15) is 4.79 Å². The van der Waals surface area contributed by atoms with Crippen molar-refractivity contribution < 1.29 is 14.3 Å². The first kappa shape index (κ1) is 15.3. The highest BCUT2D eigenvalue weighted by Gasteiger charge is 2.25. The number of carbonyl (C=O) groups excluding carboxylic acids is 1. The maximum atomic E-state index is 12.4. The van der Waals surface area contributed by atoms with Crippen molar-refractivity contribution in [2.24, 2.45) is 5.92 Å². The van der Waals surface area contributed by atoms with E-state index in [4.69, 9.17) is 9.47 Å². The number of carbonyl (C=O) groups is 1. The summed E-state index contributed by atoms with van der Waals surface area (Å²) in [6.07, 6.45) is 1.16. The van der Waals surface area contributed by atoms with Crippen LogP contribution in [0.1, 0.15) is 23.7 Å². The number of ether oxygens (including phenoxy) is 2. The Bertz CT molecular complexity index is 492. The van der Waals surface area contributed by atoms with Crippen molar-refractivity contribution in [1.29, 1.82) is 0 Å². The molecular weight excluding hydrogens is 322 g/mol. The van der Waals surface area contributed by atoms with Gasteiger partial charge in [-0.25, -0.2) is 0 Å². The summed E-state index contributed by atoms with van der Waals surface area (Å²) in [4.78, 5) is 14.1. The van der Waals surface area contributed by atoms with Gasteiger partial charge in [-0.1, -0.05) is 6.92 Å². The third kappa shape index (κ3) is 3.52. The smallest absolute Gasteiger partial charge is 0.253 e. The van der Waals surface area contributed by atoms with E-state index in [0.29, 0.717) is 23.8 Å². The molecule has 1 heterocycles. The molecule has 1 fully saturated rings. The Kier molecular flexibility index (Phi) is 5.05. The number of halogens is 1. The standard InChI is InChI=1S/C15H20BrNO3/c1-10-6-12(20-9-10)8-17(2)15(18)11-4-5-13(16)14(7-11)19-3/h4-5,7,10,12H,6,8-9H2,1-3H3/t10-,12-/m0/s1. The number of rotatable bonds is 4. The minimum Gasteiger partial charge on any atom is -0.496 e. The molecule has 1 amide bonds. The van der Waals surface area contributed by atoms with Gasteiger partial charge in [0.25, 0.3) is 5.91 Å². The molecule has 0 aliphatic carbocycles. The average molecular weight is 342 g/mol. The fraction of sp³-hybridized carbons (Fsp3) is 0.533. The summed E-state index contributed by atoms with van der Waals surface area (Å²) in [6, 6.07) is 5.37. The maximum Gasteiger partial charge on any atom is 0.253 e. The van der Waals surface area contributed by atoms with Gasteiger partial charge < -0.3 is 14.4 Å². The molecule has 110 valence electrons. The Morgan fingerprint density at radius 3 is 2.90 bits per heavy atom. The van der Waals surface area contributed by atoms with E-state index in [-0.39, 0.29) is 12.0 Å². The van der Waals surface area contributed by atoms with Crippen LogP contribution in [0.2, 0.25) is 0 Å².